The van der Waals surface area contributed by atoms with E-state index in [1.165, 1.54) is 19.3 Å². The van der Waals surface area contributed by atoms with Crippen molar-refractivity contribution in [1.29, 1.82) is 0 Å². The summed E-state index contributed by atoms with van der Waals surface area (Å²) in [5, 5.41) is 0. The fourth-order valence-electron chi connectivity index (χ4n) is 1.88. The molecule has 0 aliphatic rings. The third-order valence-electron chi connectivity index (χ3n) is 3.32. The molecule has 0 heterocycles. The van der Waals surface area contributed by atoms with Gasteiger partial charge in [0.2, 0.25) is 0 Å². The molecule has 0 aliphatic heterocycles. The molecule has 3 atom stereocenters. The topological polar surface area (TPSA) is 12.4 Å². The van der Waals surface area contributed by atoms with E-state index in [1.807, 2.05) is 53.0 Å². The summed E-state index contributed by atoms with van der Waals surface area (Å²) in [7, 11) is 0. The monoisotopic (exact) mass is 307 g/mol. The van der Waals surface area contributed by atoms with Crippen LogP contribution in [0.2, 0.25) is 0 Å². The molecular formula is C21H41N. The Morgan fingerprint density at radius 1 is 0.909 bits per heavy atom. The number of hydrogen-bond acceptors (Lipinski definition) is 1. The quantitative estimate of drug-likeness (QED) is 0.314. The SMILES string of the molecule is C=C/C=C\C=C\C(C)CCCC(C)C(C)N=CC.CC.CC. The maximum Gasteiger partial charge on any atom is 0.0492 e. The van der Waals surface area contributed by atoms with Gasteiger partial charge in [0.05, 0.1) is 0 Å². The Hall–Kier alpha value is -1.11. The minimum absolute atomic E-state index is 0.455. The molecule has 0 spiro atoms. The lowest BCUT2D eigenvalue weighted by molar-refractivity contribution is 0.420. The Morgan fingerprint density at radius 2 is 1.50 bits per heavy atom. The summed E-state index contributed by atoms with van der Waals surface area (Å²) in [5.74, 6) is 1.33. The molecule has 0 N–H and O–H groups in total. The molecule has 0 aromatic heterocycles. The molecule has 0 bridgehead atoms. The molecule has 0 aromatic carbocycles. The largest absolute Gasteiger partial charge is 0.295 e. The van der Waals surface area contributed by atoms with Gasteiger partial charge < -0.3 is 0 Å². The molecule has 1 nitrogen and oxygen atoms in total. The van der Waals surface area contributed by atoms with Crippen LogP contribution in [-0.2, 0) is 0 Å². The van der Waals surface area contributed by atoms with Crippen LogP contribution in [0.1, 0.15) is 74.7 Å². The van der Waals surface area contributed by atoms with Gasteiger partial charge in [-0.1, -0.05) is 84.9 Å². The Kier molecular flexibility index (Phi) is 26.0. The van der Waals surface area contributed by atoms with E-state index in [0.717, 1.165) is 0 Å². The fraction of sp³-hybridized carbons (Fsp3) is 0.667. The number of rotatable bonds is 9. The van der Waals surface area contributed by atoms with Gasteiger partial charge >= 0.3 is 0 Å². The average molecular weight is 308 g/mol. The van der Waals surface area contributed by atoms with Crippen LogP contribution < -0.4 is 0 Å². The number of nitrogens with zero attached hydrogens (tertiary/aromatic N) is 1. The van der Waals surface area contributed by atoms with Crippen LogP contribution in [0.25, 0.3) is 0 Å². The molecule has 1 heteroatoms. The minimum Gasteiger partial charge on any atom is -0.295 e. The highest BCUT2D eigenvalue weighted by atomic mass is 14.8. The van der Waals surface area contributed by atoms with Gasteiger partial charge in [-0.25, -0.2) is 0 Å². The number of allylic oxidation sites excluding steroid dienone is 5. The number of hydrogen-bond donors (Lipinski definition) is 0. The van der Waals surface area contributed by atoms with E-state index in [2.05, 4.69) is 44.5 Å². The van der Waals surface area contributed by atoms with Gasteiger partial charge in [-0.3, -0.25) is 4.99 Å². The van der Waals surface area contributed by atoms with E-state index in [1.54, 1.807) is 6.08 Å². The van der Waals surface area contributed by atoms with Crippen molar-refractivity contribution in [1.82, 2.24) is 0 Å². The third kappa shape index (κ3) is 18.9. The van der Waals surface area contributed by atoms with Crippen LogP contribution in [0.3, 0.4) is 0 Å². The number of aliphatic imine (C=N–C) groups is 1. The predicted octanol–water partition coefficient (Wildman–Crippen LogP) is 7.26. The third-order valence-corrected chi connectivity index (χ3v) is 3.32. The zero-order chi connectivity index (χ0) is 17.8. The van der Waals surface area contributed by atoms with Gasteiger partial charge in [0.15, 0.2) is 0 Å². The van der Waals surface area contributed by atoms with E-state index in [0.29, 0.717) is 17.9 Å². The van der Waals surface area contributed by atoms with Gasteiger partial charge in [0.25, 0.3) is 0 Å². The second kappa shape index (κ2) is 22.2. The first-order valence-corrected chi connectivity index (χ1v) is 9.05. The van der Waals surface area contributed by atoms with Crippen LogP contribution in [0.4, 0.5) is 0 Å². The smallest absolute Gasteiger partial charge is 0.0492 e. The average Bonchev–Trinajstić information content (AvgIpc) is 2.55. The van der Waals surface area contributed by atoms with Gasteiger partial charge in [-0.15, -0.1) is 0 Å². The lowest BCUT2D eigenvalue weighted by Gasteiger charge is -2.16. The van der Waals surface area contributed by atoms with Crippen molar-refractivity contribution in [2.75, 3.05) is 0 Å². The Balaban J connectivity index is -0.000000826. The van der Waals surface area contributed by atoms with Gasteiger partial charge in [0, 0.05) is 6.04 Å². The molecular weight excluding hydrogens is 266 g/mol. The molecule has 0 saturated carbocycles. The lowest BCUT2D eigenvalue weighted by atomic mass is 9.94. The summed E-state index contributed by atoms with van der Waals surface area (Å²) in [6, 6.07) is 0.455. The second-order valence-electron chi connectivity index (χ2n) is 5.04. The van der Waals surface area contributed by atoms with Crippen molar-refractivity contribution in [3.63, 3.8) is 0 Å². The Bertz CT molecular complexity index is 286. The van der Waals surface area contributed by atoms with Crippen molar-refractivity contribution in [3.05, 3.63) is 37.0 Å². The molecule has 3 unspecified atom stereocenters. The molecule has 0 rings (SSSR count). The molecule has 0 amide bonds. The molecule has 130 valence electrons. The van der Waals surface area contributed by atoms with Crippen LogP contribution >= 0.6 is 0 Å². The van der Waals surface area contributed by atoms with Crippen molar-refractivity contribution in [2.24, 2.45) is 16.8 Å². The molecule has 0 fully saturated rings. The van der Waals surface area contributed by atoms with Crippen LogP contribution in [-0.4, -0.2) is 12.3 Å². The van der Waals surface area contributed by atoms with Crippen LogP contribution in [0, 0.1) is 11.8 Å². The Labute approximate surface area is 141 Å². The highest BCUT2D eigenvalue weighted by Crippen LogP contribution is 2.17. The standard InChI is InChI=1S/C17H29N.2C2H6/c1-6-8-9-10-12-15(3)13-11-14-16(4)17(5)18-7-2;2*1-2/h6-10,12,15-17H,1,11,13-14H2,2-5H3;2*1-2H3/b9-8-,12-10+,18-7?;;. The van der Waals surface area contributed by atoms with Gasteiger partial charge in [-0.2, -0.15) is 0 Å². The summed E-state index contributed by atoms with van der Waals surface area (Å²) in [4.78, 5) is 4.43. The molecule has 0 aliphatic carbocycles. The zero-order valence-electron chi connectivity index (χ0n) is 16.5. The van der Waals surface area contributed by atoms with E-state index in [-0.39, 0.29) is 0 Å². The van der Waals surface area contributed by atoms with Gasteiger partial charge in [-0.05, 0) is 44.7 Å². The fourth-order valence-corrected chi connectivity index (χ4v) is 1.88. The predicted molar refractivity (Wildman–Crippen MR) is 107 cm³/mol. The molecule has 0 radical (unpaired) electrons. The molecule has 0 saturated heterocycles. The maximum absolute atomic E-state index is 4.43. The summed E-state index contributed by atoms with van der Waals surface area (Å²) >= 11 is 0. The van der Waals surface area contributed by atoms with Crippen LogP contribution in [0.15, 0.2) is 42.0 Å². The van der Waals surface area contributed by atoms with E-state index >= 15 is 0 Å². The molecule has 22 heavy (non-hydrogen) atoms. The van der Waals surface area contributed by atoms with Crippen molar-refractivity contribution >= 4 is 6.21 Å². The summed E-state index contributed by atoms with van der Waals surface area (Å²) < 4.78 is 0. The van der Waals surface area contributed by atoms with E-state index < -0.39 is 0 Å². The van der Waals surface area contributed by atoms with Gasteiger partial charge in [0.1, 0.15) is 0 Å². The van der Waals surface area contributed by atoms with E-state index in [9.17, 15) is 0 Å². The first-order chi connectivity index (χ1) is 10.6. The van der Waals surface area contributed by atoms with Crippen molar-refractivity contribution < 1.29 is 0 Å². The zero-order valence-corrected chi connectivity index (χ0v) is 16.5. The molecule has 0 aromatic rings. The van der Waals surface area contributed by atoms with Crippen molar-refractivity contribution in [3.8, 4) is 0 Å². The summed E-state index contributed by atoms with van der Waals surface area (Å²) in [5.41, 5.74) is 0. The first-order valence-electron chi connectivity index (χ1n) is 9.05. The highest BCUT2D eigenvalue weighted by molar-refractivity contribution is 5.53. The lowest BCUT2D eigenvalue weighted by Crippen LogP contribution is -2.11. The first kappa shape index (κ1) is 25.8. The van der Waals surface area contributed by atoms with Crippen LogP contribution in [0.5, 0.6) is 0 Å². The summed E-state index contributed by atoms with van der Waals surface area (Å²) in [6.07, 6.45) is 15.9. The summed E-state index contributed by atoms with van der Waals surface area (Å²) in [6.45, 7) is 20.4. The Morgan fingerprint density at radius 3 is 2.00 bits per heavy atom. The van der Waals surface area contributed by atoms with E-state index in [4.69, 9.17) is 0 Å². The minimum atomic E-state index is 0.455. The maximum atomic E-state index is 4.43. The van der Waals surface area contributed by atoms with Crippen molar-refractivity contribution in [2.45, 2.75) is 80.7 Å². The normalized spacial score (nSPS) is 14.9. The highest BCUT2D eigenvalue weighted by Gasteiger charge is 2.09. The second-order valence-corrected chi connectivity index (χ2v) is 5.04.